The highest BCUT2D eigenvalue weighted by Crippen LogP contribution is 2.50. The van der Waals surface area contributed by atoms with Gasteiger partial charge in [-0.2, -0.15) is 13.0 Å². The van der Waals surface area contributed by atoms with E-state index in [-0.39, 0.29) is 41.1 Å². The lowest BCUT2D eigenvalue weighted by atomic mass is 9.77. The number of rotatable bonds is 12. The van der Waals surface area contributed by atoms with Crippen molar-refractivity contribution in [2.75, 3.05) is 18.0 Å². The van der Waals surface area contributed by atoms with Gasteiger partial charge in [-0.1, -0.05) is 13.8 Å². The van der Waals surface area contributed by atoms with Gasteiger partial charge in [0.05, 0.1) is 26.4 Å². The normalized spacial score (nSPS) is 20.5. The summed E-state index contributed by atoms with van der Waals surface area (Å²) < 4.78 is 71.3. The summed E-state index contributed by atoms with van der Waals surface area (Å²) in [4.78, 5) is 55.8. The number of amides is 2. The predicted molar refractivity (Wildman–Crippen MR) is 196 cm³/mol. The summed E-state index contributed by atoms with van der Waals surface area (Å²) >= 11 is 0. The summed E-state index contributed by atoms with van der Waals surface area (Å²) in [6.45, 7) is 9.99. The number of anilines is 1. The van der Waals surface area contributed by atoms with E-state index in [4.69, 9.17) is 4.84 Å². The molecular weight excluding hydrogens is 755 g/mol. The molecule has 6 rings (SSSR count). The molecule has 4 aliphatic rings. The number of aliphatic hydroxyl groups is 1. The topological polar surface area (TPSA) is 219 Å². The van der Waals surface area contributed by atoms with Gasteiger partial charge in [0.25, 0.3) is 21.9 Å². The van der Waals surface area contributed by atoms with Gasteiger partial charge in [0.2, 0.25) is 11.5 Å². The summed E-state index contributed by atoms with van der Waals surface area (Å²) in [5.74, 6) is -2.58. The number of hydrogen-bond donors (Lipinski definition) is 2. The predicted octanol–water partition coefficient (Wildman–Crippen LogP) is 4.40. The standard InChI is InChI=1S/C38H41N3O12S2/c1-6-39-28-13-11-22(54(47,48)49)18-26(28)37(2,3)30(39)20-24-35(45)25(36(24)46)21-31-38(4,5)27-19-23(55(50,51)52)12-14-29(27)40(31)17-9-7-8-10-34(44)53-41-32(42)15-16-33(41)43/h11-14,18-21H,6-10,15-17H2,1-5H3,(H2-,45,46,47,48,49,50,51,52). The Morgan fingerprint density at radius 2 is 1.55 bits per heavy atom. The van der Waals surface area contributed by atoms with Crippen molar-refractivity contribution in [3.05, 3.63) is 82.3 Å². The van der Waals surface area contributed by atoms with Crippen LogP contribution in [0.5, 0.6) is 0 Å². The molecule has 0 atom stereocenters. The van der Waals surface area contributed by atoms with Crippen LogP contribution in [0.3, 0.4) is 0 Å². The zero-order chi connectivity index (χ0) is 40.4. The molecule has 15 nitrogen and oxygen atoms in total. The van der Waals surface area contributed by atoms with Gasteiger partial charge in [-0.3, -0.25) is 18.9 Å². The van der Waals surface area contributed by atoms with Crippen LogP contribution in [-0.2, 0) is 55.1 Å². The van der Waals surface area contributed by atoms with Gasteiger partial charge >= 0.3 is 5.97 Å². The Morgan fingerprint density at radius 3 is 2.15 bits per heavy atom. The van der Waals surface area contributed by atoms with Crippen molar-refractivity contribution < 1.29 is 59.6 Å². The molecule has 0 radical (unpaired) electrons. The zero-order valence-electron chi connectivity index (χ0n) is 30.9. The number of allylic oxidation sites excluding steroid dienone is 5. The highest BCUT2D eigenvalue weighted by molar-refractivity contribution is 7.86. The number of benzene rings is 2. The number of fused-ring (bicyclic) bond motifs is 2. The number of hydrogen-bond acceptors (Lipinski definition) is 12. The highest BCUT2D eigenvalue weighted by atomic mass is 32.2. The summed E-state index contributed by atoms with van der Waals surface area (Å²) in [5, 5.41) is 11.9. The lowest BCUT2D eigenvalue weighted by molar-refractivity contribution is -0.438. The number of unbranched alkanes of at least 4 members (excludes halogenated alkanes) is 2. The first-order valence-corrected chi connectivity index (χ1v) is 20.6. The van der Waals surface area contributed by atoms with E-state index in [1.807, 2.05) is 30.2 Å². The van der Waals surface area contributed by atoms with Crippen LogP contribution in [-0.4, -0.2) is 83.1 Å². The Kier molecular flexibility index (Phi) is 10.1. The lowest BCUT2D eigenvalue weighted by Gasteiger charge is -2.28. The number of ketones is 1. The fourth-order valence-corrected chi connectivity index (χ4v) is 8.64. The van der Waals surface area contributed by atoms with Gasteiger partial charge < -0.3 is 19.4 Å². The SMILES string of the molecule is CCN1C(=CC2=C(O)C(=CC3=[N+](CCCCCC(=O)ON4C(=O)CCC4=O)c4ccc(S(=O)(=O)[O-])cc4C3(C)C)C2=O)C(C)(C)c2cc(S(=O)(=O)O)ccc21. The maximum atomic E-state index is 13.8. The Balaban J connectivity index is 1.30. The summed E-state index contributed by atoms with van der Waals surface area (Å²) in [6, 6.07) is 8.34. The average molecular weight is 796 g/mol. The van der Waals surface area contributed by atoms with Crippen LogP contribution in [0.25, 0.3) is 0 Å². The molecule has 3 aliphatic heterocycles. The minimum absolute atomic E-state index is 0.0116. The maximum absolute atomic E-state index is 13.8. The molecule has 2 amide bonds. The van der Waals surface area contributed by atoms with E-state index in [1.54, 1.807) is 32.1 Å². The molecule has 2 aromatic carbocycles. The van der Waals surface area contributed by atoms with Crippen LogP contribution in [0.2, 0.25) is 0 Å². The Morgan fingerprint density at radius 1 is 0.909 bits per heavy atom. The van der Waals surface area contributed by atoms with E-state index >= 15 is 0 Å². The zero-order valence-corrected chi connectivity index (χ0v) is 32.5. The molecule has 17 heteroatoms. The van der Waals surface area contributed by atoms with Crippen molar-refractivity contribution in [3.8, 4) is 0 Å². The number of carbonyl (C=O) groups excluding carboxylic acids is 4. The number of likely N-dealkylation sites (N-methyl/N-ethyl adjacent to an activating group) is 1. The van der Waals surface area contributed by atoms with E-state index in [0.29, 0.717) is 71.3 Å². The molecule has 1 aliphatic carbocycles. The van der Waals surface area contributed by atoms with E-state index < -0.39 is 59.5 Å². The van der Waals surface area contributed by atoms with Crippen LogP contribution < -0.4 is 4.90 Å². The first-order chi connectivity index (χ1) is 25.6. The monoisotopic (exact) mass is 795 g/mol. The number of nitrogens with zero attached hydrogens (tertiary/aromatic N) is 3. The second kappa shape index (κ2) is 14.0. The van der Waals surface area contributed by atoms with Crippen LogP contribution in [0.15, 0.2) is 80.9 Å². The van der Waals surface area contributed by atoms with Crippen molar-refractivity contribution in [1.29, 1.82) is 0 Å². The van der Waals surface area contributed by atoms with Crippen LogP contribution in [0, 0.1) is 0 Å². The number of Topliss-reactive ketones (excluding diaryl/α,β-unsaturated/α-hetero) is 1. The maximum Gasteiger partial charge on any atom is 0.333 e. The average Bonchev–Trinajstić information content (AvgIpc) is 3.62. The van der Waals surface area contributed by atoms with Crippen LogP contribution in [0.4, 0.5) is 11.4 Å². The minimum Gasteiger partial charge on any atom is -0.744 e. The molecule has 0 bridgehead atoms. The van der Waals surface area contributed by atoms with Gasteiger partial charge in [-0.25, -0.2) is 13.2 Å². The second-order valence-electron chi connectivity index (χ2n) is 14.9. The molecule has 2 N–H and O–H groups in total. The molecule has 3 heterocycles. The van der Waals surface area contributed by atoms with Crippen LogP contribution >= 0.6 is 0 Å². The number of aliphatic hydroxyl groups excluding tert-OH is 1. The van der Waals surface area contributed by atoms with Crippen molar-refractivity contribution >= 4 is 60.9 Å². The fraction of sp³-hybridized carbons (Fsp3) is 0.395. The third-order valence-corrected chi connectivity index (χ3v) is 12.3. The van der Waals surface area contributed by atoms with E-state index in [0.717, 1.165) is 0 Å². The molecular formula is C38H41N3O12S2. The largest absolute Gasteiger partial charge is 0.744 e. The molecule has 1 fully saturated rings. The van der Waals surface area contributed by atoms with Gasteiger partial charge in [-0.05, 0) is 75.6 Å². The minimum atomic E-state index is -4.79. The molecule has 0 spiro atoms. The first kappa shape index (κ1) is 39.7. The Hall–Kier alpha value is -4.97. The highest BCUT2D eigenvalue weighted by Gasteiger charge is 2.48. The summed E-state index contributed by atoms with van der Waals surface area (Å²) in [6.07, 6.45) is 4.45. The van der Waals surface area contributed by atoms with E-state index in [9.17, 15) is 50.2 Å². The first-order valence-electron chi connectivity index (χ1n) is 17.7. The molecule has 2 aromatic rings. The molecule has 0 unspecified atom stereocenters. The second-order valence-corrected chi connectivity index (χ2v) is 17.7. The molecule has 55 heavy (non-hydrogen) atoms. The van der Waals surface area contributed by atoms with E-state index in [1.165, 1.54) is 30.3 Å². The summed E-state index contributed by atoms with van der Waals surface area (Å²) in [5.41, 5.74) is 1.91. The third-order valence-electron chi connectivity index (χ3n) is 10.7. The number of hydroxylamine groups is 2. The third kappa shape index (κ3) is 7.05. The Bertz CT molecular complexity index is 2410. The van der Waals surface area contributed by atoms with Crippen molar-refractivity contribution in [1.82, 2.24) is 5.06 Å². The quantitative estimate of drug-likeness (QED) is 0.100. The van der Waals surface area contributed by atoms with Crippen molar-refractivity contribution in [2.45, 2.75) is 93.8 Å². The lowest BCUT2D eigenvalue weighted by Crippen LogP contribution is -2.32. The van der Waals surface area contributed by atoms with Crippen LogP contribution in [0.1, 0.15) is 84.3 Å². The van der Waals surface area contributed by atoms with Gasteiger partial charge in [-0.15, -0.1) is 5.06 Å². The number of carbonyl (C=O) groups is 4. The van der Waals surface area contributed by atoms with Crippen molar-refractivity contribution in [3.63, 3.8) is 0 Å². The van der Waals surface area contributed by atoms with Crippen molar-refractivity contribution in [2.24, 2.45) is 0 Å². The van der Waals surface area contributed by atoms with Gasteiger partial charge in [0.15, 0.2) is 5.71 Å². The molecule has 292 valence electrons. The van der Waals surface area contributed by atoms with E-state index in [2.05, 4.69) is 0 Å². The molecule has 0 saturated carbocycles. The summed E-state index contributed by atoms with van der Waals surface area (Å²) in [7, 11) is -9.27. The van der Waals surface area contributed by atoms with Gasteiger partial charge in [0.1, 0.15) is 22.4 Å². The number of imide groups is 1. The Labute approximate surface area is 318 Å². The smallest absolute Gasteiger partial charge is 0.333 e. The molecule has 1 saturated heterocycles. The van der Waals surface area contributed by atoms with Gasteiger partial charge in [0, 0.05) is 66.7 Å². The fourth-order valence-electron chi connectivity index (χ4n) is 7.63. The molecule has 0 aromatic heterocycles.